The largest absolute Gasteiger partial charge is 0.389 e. The number of carbonyl (C=O) groups excluding carboxylic acids is 2. The topological polar surface area (TPSA) is 78.4 Å². The van der Waals surface area contributed by atoms with E-state index in [2.05, 4.69) is 10.6 Å². The molecule has 14 heavy (non-hydrogen) atoms. The van der Waals surface area contributed by atoms with E-state index in [4.69, 9.17) is 0 Å². The third-order valence-corrected chi connectivity index (χ3v) is 2.56. The lowest BCUT2D eigenvalue weighted by Crippen LogP contribution is -2.47. The minimum absolute atomic E-state index is 0.173. The highest BCUT2D eigenvalue weighted by Crippen LogP contribution is 2.12. The highest BCUT2D eigenvalue weighted by atomic mass is 32.2. The van der Waals surface area contributed by atoms with E-state index in [1.165, 1.54) is 0 Å². The van der Waals surface area contributed by atoms with E-state index in [-0.39, 0.29) is 17.7 Å². The predicted molar refractivity (Wildman–Crippen MR) is 54.1 cm³/mol. The molecule has 1 rings (SSSR count). The highest BCUT2D eigenvalue weighted by molar-refractivity contribution is 8.14. The van der Waals surface area contributed by atoms with Crippen molar-refractivity contribution in [3.63, 3.8) is 0 Å². The lowest BCUT2D eigenvalue weighted by atomic mass is 10.1. The summed E-state index contributed by atoms with van der Waals surface area (Å²) in [5.74, 6) is 0.210. The van der Waals surface area contributed by atoms with Crippen LogP contribution in [0.4, 0.5) is 4.79 Å². The Bertz CT molecular complexity index is 249. The van der Waals surface area contributed by atoms with Crippen LogP contribution in [0.25, 0.3) is 0 Å². The summed E-state index contributed by atoms with van der Waals surface area (Å²) in [6, 6.07) is -0.463. The van der Waals surface area contributed by atoms with Crippen LogP contribution < -0.4 is 10.6 Å². The monoisotopic (exact) mass is 218 g/mol. The van der Waals surface area contributed by atoms with Gasteiger partial charge in [-0.05, 0) is 13.8 Å². The van der Waals surface area contributed by atoms with Crippen LogP contribution in [0.15, 0.2) is 0 Å². The summed E-state index contributed by atoms with van der Waals surface area (Å²) in [7, 11) is 0. The second kappa shape index (κ2) is 4.18. The second-order valence-corrected chi connectivity index (χ2v) is 4.82. The molecule has 1 unspecified atom stereocenters. The quantitative estimate of drug-likeness (QED) is 0.607. The fourth-order valence-electron chi connectivity index (χ4n) is 0.952. The molecular weight excluding hydrogens is 204 g/mol. The van der Waals surface area contributed by atoms with Gasteiger partial charge in [-0.3, -0.25) is 9.59 Å². The van der Waals surface area contributed by atoms with Gasteiger partial charge in [0.2, 0.25) is 5.91 Å². The van der Waals surface area contributed by atoms with Gasteiger partial charge in [-0.1, -0.05) is 11.8 Å². The molecule has 1 saturated heterocycles. The summed E-state index contributed by atoms with van der Waals surface area (Å²) in [5, 5.41) is 14.3. The van der Waals surface area contributed by atoms with Gasteiger partial charge < -0.3 is 15.7 Å². The number of carbonyl (C=O) groups is 2. The van der Waals surface area contributed by atoms with E-state index in [1.54, 1.807) is 13.8 Å². The van der Waals surface area contributed by atoms with Gasteiger partial charge in [-0.25, -0.2) is 0 Å². The van der Waals surface area contributed by atoms with E-state index in [0.717, 1.165) is 11.8 Å². The number of aliphatic hydroxyl groups is 1. The Kier molecular flexibility index (Phi) is 3.38. The summed E-state index contributed by atoms with van der Waals surface area (Å²) in [4.78, 5) is 22.2. The zero-order chi connectivity index (χ0) is 10.8. The number of hydrogen-bond donors (Lipinski definition) is 3. The fraction of sp³-hybridized carbons (Fsp3) is 0.750. The molecule has 0 radical (unpaired) electrons. The van der Waals surface area contributed by atoms with Crippen LogP contribution in [-0.2, 0) is 4.79 Å². The van der Waals surface area contributed by atoms with Crippen molar-refractivity contribution < 1.29 is 14.7 Å². The van der Waals surface area contributed by atoms with Gasteiger partial charge in [-0.15, -0.1) is 0 Å². The summed E-state index contributed by atoms with van der Waals surface area (Å²) in [6.45, 7) is 3.40. The SMILES string of the molecule is CC(C)(O)CNC(=O)C1CSC(=O)N1. The second-order valence-electron chi connectivity index (χ2n) is 3.83. The maximum Gasteiger partial charge on any atom is 0.279 e. The first-order valence-electron chi connectivity index (χ1n) is 4.32. The van der Waals surface area contributed by atoms with Crippen LogP contribution in [0.5, 0.6) is 0 Å². The van der Waals surface area contributed by atoms with Crippen molar-refractivity contribution in [2.45, 2.75) is 25.5 Å². The third kappa shape index (κ3) is 3.55. The smallest absolute Gasteiger partial charge is 0.279 e. The number of hydrogen-bond acceptors (Lipinski definition) is 4. The molecule has 3 N–H and O–H groups in total. The Balaban J connectivity index is 2.32. The first-order valence-corrected chi connectivity index (χ1v) is 5.30. The summed E-state index contributed by atoms with van der Waals surface area (Å²) in [6.07, 6.45) is 0. The molecule has 0 saturated carbocycles. The Morgan fingerprint density at radius 2 is 2.43 bits per heavy atom. The molecule has 1 aliphatic rings. The minimum atomic E-state index is -0.925. The summed E-state index contributed by atoms with van der Waals surface area (Å²) >= 11 is 1.09. The molecule has 6 heteroatoms. The highest BCUT2D eigenvalue weighted by Gasteiger charge is 2.28. The summed E-state index contributed by atoms with van der Waals surface area (Å²) in [5.41, 5.74) is -0.925. The molecule has 0 spiro atoms. The lowest BCUT2D eigenvalue weighted by Gasteiger charge is -2.19. The van der Waals surface area contributed by atoms with Gasteiger partial charge in [0.1, 0.15) is 6.04 Å². The maximum atomic E-state index is 11.4. The Labute approximate surface area is 86.6 Å². The van der Waals surface area contributed by atoms with Gasteiger partial charge >= 0.3 is 0 Å². The van der Waals surface area contributed by atoms with Crippen LogP contribution in [0.1, 0.15) is 13.8 Å². The number of amides is 2. The van der Waals surface area contributed by atoms with Crippen LogP contribution in [-0.4, -0.2) is 40.2 Å². The summed E-state index contributed by atoms with van der Waals surface area (Å²) < 4.78 is 0. The standard InChI is InChI=1S/C8H14N2O3S/c1-8(2,13)4-9-6(11)5-3-14-7(12)10-5/h5,13H,3-4H2,1-2H3,(H,9,11)(H,10,12). The number of rotatable bonds is 3. The fourth-order valence-corrected chi connectivity index (χ4v) is 1.73. The normalized spacial score (nSPS) is 21.9. The molecule has 0 aliphatic carbocycles. The maximum absolute atomic E-state index is 11.4. The molecule has 80 valence electrons. The molecule has 1 atom stereocenters. The van der Waals surface area contributed by atoms with Gasteiger partial charge in [-0.2, -0.15) is 0 Å². The van der Waals surface area contributed by atoms with E-state index in [1.807, 2.05) is 0 Å². The Morgan fingerprint density at radius 1 is 1.79 bits per heavy atom. The van der Waals surface area contributed by atoms with Crippen LogP contribution in [0.2, 0.25) is 0 Å². The van der Waals surface area contributed by atoms with E-state index in [9.17, 15) is 14.7 Å². The zero-order valence-corrected chi connectivity index (χ0v) is 8.98. The van der Waals surface area contributed by atoms with Crippen molar-refractivity contribution in [2.24, 2.45) is 0 Å². The molecule has 0 aromatic heterocycles. The van der Waals surface area contributed by atoms with Gasteiger partial charge in [0.15, 0.2) is 0 Å². The molecule has 1 fully saturated rings. The van der Waals surface area contributed by atoms with E-state index in [0.29, 0.717) is 5.75 Å². The minimum Gasteiger partial charge on any atom is -0.389 e. The molecule has 2 amide bonds. The average molecular weight is 218 g/mol. The first-order chi connectivity index (χ1) is 6.38. The molecule has 0 aromatic carbocycles. The van der Waals surface area contributed by atoms with E-state index < -0.39 is 11.6 Å². The molecule has 5 nitrogen and oxygen atoms in total. The van der Waals surface area contributed by atoms with Crippen LogP contribution in [0.3, 0.4) is 0 Å². The first kappa shape index (κ1) is 11.3. The van der Waals surface area contributed by atoms with Crippen LogP contribution >= 0.6 is 11.8 Å². The van der Waals surface area contributed by atoms with Crippen molar-refractivity contribution in [3.05, 3.63) is 0 Å². The Hall–Kier alpha value is -0.750. The molecule has 0 aromatic rings. The average Bonchev–Trinajstić information content (AvgIpc) is 2.46. The van der Waals surface area contributed by atoms with Crippen molar-refractivity contribution in [2.75, 3.05) is 12.3 Å². The third-order valence-electron chi connectivity index (χ3n) is 1.68. The molecular formula is C8H14N2O3S. The molecule has 1 aliphatic heterocycles. The van der Waals surface area contributed by atoms with Crippen molar-refractivity contribution in [3.8, 4) is 0 Å². The lowest BCUT2D eigenvalue weighted by molar-refractivity contribution is -0.123. The van der Waals surface area contributed by atoms with Gasteiger partial charge in [0, 0.05) is 12.3 Å². The van der Waals surface area contributed by atoms with Crippen LogP contribution in [0, 0.1) is 0 Å². The van der Waals surface area contributed by atoms with Gasteiger partial charge in [0.25, 0.3) is 5.24 Å². The van der Waals surface area contributed by atoms with Crippen molar-refractivity contribution >= 4 is 22.9 Å². The van der Waals surface area contributed by atoms with Gasteiger partial charge in [0.05, 0.1) is 5.60 Å². The number of nitrogens with one attached hydrogen (secondary N) is 2. The Morgan fingerprint density at radius 3 is 2.86 bits per heavy atom. The number of thioether (sulfide) groups is 1. The zero-order valence-electron chi connectivity index (χ0n) is 8.16. The van der Waals surface area contributed by atoms with Crippen molar-refractivity contribution in [1.29, 1.82) is 0 Å². The molecule has 1 heterocycles. The predicted octanol–water partition coefficient (Wildman–Crippen LogP) is -0.302. The van der Waals surface area contributed by atoms with E-state index >= 15 is 0 Å². The van der Waals surface area contributed by atoms with Crippen molar-refractivity contribution in [1.82, 2.24) is 10.6 Å². The molecule has 0 bridgehead atoms.